The SMILES string of the molecule is C/C=S(/C)c1ccc(OC(F)F)c2c1[C@H](O)C(F)(F)[C@@H]2F. The highest BCUT2D eigenvalue weighted by Gasteiger charge is 2.58. The average molecular weight is 328 g/mol. The van der Waals surface area contributed by atoms with Crippen LogP contribution in [0, 0.1) is 0 Å². The van der Waals surface area contributed by atoms with Crippen LogP contribution in [0.25, 0.3) is 0 Å². The second-order valence-electron chi connectivity index (χ2n) is 4.50. The molecular weight excluding hydrogens is 315 g/mol. The van der Waals surface area contributed by atoms with Gasteiger partial charge in [0.1, 0.15) is 11.9 Å². The molecule has 1 aliphatic carbocycles. The predicted octanol–water partition coefficient (Wildman–Crippen LogP) is 4.06. The quantitative estimate of drug-likeness (QED) is 0.670. The van der Waals surface area contributed by atoms with Crippen LogP contribution in [0.5, 0.6) is 5.75 Å². The Hall–Kier alpha value is -1.15. The van der Waals surface area contributed by atoms with Crippen LogP contribution in [0.2, 0.25) is 0 Å². The number of hydrogen-bond donors (Lipinski definition) is 1. The standard InChI is InChI=1S/C13H13F5O2S/c1-3-21(2)7-5-4-6(20-12(15)16)8-9(7)11(19)13(17,18)10(8)14/h3-5,10-12,19H,1-2H3/t10-,11+,21?/m1/s1. The molecule has 0 bridgehead atoms. The van der Waals surface area contributed by atoms with Crippen LogP contribution in [0.15, 0.2) is 17.0 Å². The minimum absolute atomic E-state index is 0.293. The summed E-state index contributed by atoms with van der Waals surface area (Å²) in [7, 11) is -0.640. The van der Waals surface area contributed by atoms with Crippen molar-refractivity contribution in [1.29, 1.82) is 0 Å². The van der Waals surface area contributed by atoms with Crippen LogP contribution in [0.4, 0.5) is 22.0 Å². The number of rotatable bonds is 3. The van der Waals surface area contributed by atoms with E-state index in [1.165, 1.54) is 6.07 Å². The number of aliphatic hydroxyl groups is 1. The third-order valence-corrected chi connectivity index (χ3v) is 5.11. The first kappa shape index (κ1) is 16.2. The first-order valence-corrected chi connectivity index (χ1v) is 7.67. The normalized spacial score (nSPS) is 25.2. The highest BCUT2D eigenvalue weighted by atomic mass is 32.2. The Morgan fingerprint density at radius 1 is 1.33 bits per heavy atom. The lowest BCUT2D eigenvalue weighted by Crippen LogP contribution is -2.24. The number of hydrogen-bond acceptors (Lipinski definition) is 2. The lowest BCUT2D eigenvalue weighted by molar-refractivity contribution is -0.144. The van der Waals surface area contributed by atoms with Gasteiger partial charge in [-0.25, -0.2) is 4.39 Å². The van der Waals surface area contributed by atoms with Gasteiger partial charge in [0.2, 0.25) is 0 Å². The highest BCUT2D eigenvalue weighted by molar-refractivity contribution is 8.14. The molecule has 0 radical (unpaired) electrons. The Balaban J connectivity index is 2.71. The molecule has 1 unspecified atom stereocenters. The smallest absolute Gasteiger partial charge is 0.387 e. The molecule has 0 heterocycles. The van der Waals surface area contributed by atoms with Crippen molar-refractivity contribution in [2.75, 3.05) is 6.26 Å². The monoisotopic (exact) mass is 328 g/mol. The second-order valence-corrected chi connectivity index (χ2v) is 6.53. The van der Waals surface area contributed by atoms with Crippen LogP contribution in [0.1, 0.15) is 30.3 Å². The van der Waals surface area contributed by atoms with Gasteiger partial charge in [-0.2, -0.15) is 28.0 Å². The summed E-state index contributed by atoms with van der Waals surface area (Å²) in [4.78, 5) is 0.293. The van der Waals surface area contributed by atoms with Crippen LogP contribution in [-0.2, 0) is 0 Å². The minimum atomic E-state index is -4.07. The number of benzene rings is 1. The second kappa shape index (κ2) is 5.57. The van der Waals surface area contributed by atoms with Gasteiger partial charge in [0.15, 0.2) is 6.17 Å². The van der Waals surface area contributed by atoms with E-state index in [0.717, 1.165) is 6.07 Å². The summed E-state index contributed by atoms with van der Waals surface area (Å²) in [6.45, 7) is -1.58. The molecule has 0 aliphatic heterocycles. The fraction of sp³-hybridized carbons (Fsp3) is 0.462. The van der Waals surface area contributed by atoms with Crippen molar-refractivity contribution in [3.63, 3.8) is 0 Å². The lowest BCUT2D eigenvalue weighted by atomic mass is 10.1. The molecule has 0 saturated carbocycles. The molecule has 8 heteroatoms. The van der Waals surface area contributed by atoms with Crippen LogP contribution < -0.4 is 4.74 Å². The van der Waals surface area contributed by atoms with E-state index < -0.39 is 46.6 Å². The van der Waals surface area contributed by atoms with Gasteiger partial charge in [0.05, 0.1) is 0 Å². The average Bonchev–Trinajstić information content (AvgIpc) is 2.60. The molecule has 1 N–H and O–H groups in total. The maximum atomic E-state index is 14.0. The Kier molecular flexibility index (Phi) is 4.30. The Morgan fingerprint density at radius 3 is 2.48 bits per heavy atom. The van der Waals surface area contributed by atoms with Gasteiger partial charge >= 0.3 is 12.5 Å². The van der Waals surface area contributed by atoms with Crippen molar-refractivity contribution in [2.45, 2.75) is 36.6 Å². The van der Waals surface area contributed by atoms with E-state index in [1.54, 1.807) is 18.5 Å². The van der Waals surface area contributed by atoms with Gasteiger partial charge in [-0.3, -0.25) is 0 Å². The van der Waals surface area contributed by atoms with Crippen molar-refractivity contribution in [1.82, 2.24) is 0 Å². The highest BCUT2D eigenvalue weighted by Crippen LogP contribution is 2.58. The summed E-state index contributed by atoms with van der Waals surface area (Å²) in [5, 5.41) is 11.4. The fourth-order valence-electron chi connectivity index (χ4n) is 2.27. The van der Waals surface area contributed by atoms with Crippen molar-refractivity contribution >= 4 is 15.9 Å². The maximum Gasteiger partial charge on any atom is 0.387 e. The summed E-state index contributed by atoms with van der Waals surface area (Å²) in [5.74, 6) is -4.74. The number of ether oxygens (including phenoxy) is 1. The van der Waals surface area contributed by atoms with Crippen LogP contribution >= 0.6 is 10.5 Å². The summed E-state index contributed by atoms with van der Waals surface area (Å²) in [6.07, 6.45) is -3.57. The molecule has 1 aromatic rings. The first-order chi connectivity index (χ1) is 9.71. The molecule has 0 saturated heterocycles. The van der Waals surface area contributed by atoms with E-state index in [-0.39, 0.29) is 5.56 Å². The Morgan fingerprint density at radius 2 is 1.95 bits per heavy atom. The zero-order valence-electron chi connectivity index (χ0n) is 11.1. The van der Waals surface area contributed by atoms with Gasteiger partial charge < -0.3 is 9.84 Å². The van der Waals surface area contributed by atoms with Gasteiger partial charge in [0.25, 0.3) is 0 Å². The van der Waals surface area contributed by atoms with E-state index in [0.29, 0.717) is 4.90 Å². The summed E-state index contributed by atoms with van der Waals surface area (Å²) in [6, 6.07) is 2.34. The summed E-state index contributed by atoms with van der Waals surface area (Å²) in [5.41, 5.74) is -1.04. The molecule has 1 aliphatic rings. The van der Waals surface area contributed by atoms with Gasteiger partial charge in [0, 0.05) is 16.0 Å². The van der Waals surface area contributed by atoms with Crippen LogP contribution in [-0.4, -0.2) is 29.3 Å². The molecule has 0 amide bonds. The number of aliphatic hydroxyl groups excluding tert-OH is 1. The molecule has 1 aromatic carbocycles. The van der Waals surface area contributed by atoms with Gasteiger partial charge in [-0.05, 0) is 25.3 Å². The molecule has 2 nitrogen and oxygen atoms in total. The minimum Gasteiger partial charge on any atom is -0.434 e. The Bertz CT molecular complexity index is 588. The summed E-state index contributed by atoms with van der Waals surface area (Å²) >= 11 is 0. The van der Waals surface area contributed by atoms with E-state index in [1.807, 2.05) is 0 Å². The first-order valence-electron chi connectivity index (χ1n) is 5.97. The molecule has 0 spiro atoms. The molecule has 21 heavy (non-hydrogen) atoms. The predicted molar refractivity (Wildman–Crippen MR) is 70.3 cm³/mol. The van der Waals surface area contributed by atoms with Crippen molar-refractivity contribution in [3.8, 4) is 5.75 Å². The summed E-state index contributed by atoms with van der Waals surface area (Å²) < 4.78 is 70.2. The van der Waals surface area contributed by atoms with Crippen molar-refractivity contribution in [2.24, 2.45) is 0 Å². The number of halogens is 5. The fourth-order valence-corrected chi connectivity index (χ4v) is 3.37. The third-order valence-electron chi connectivity index (χ3n) is 3.35. The van der Waals surface area contributed by atoms with E-state index in [2.05, 4.69) is 4.74 Å². The van der Waals surface area contributed by atoms with Crippen LogP contribution in [0.3, 0.4) is 0 Å². The largest absolute Gasteiger partial charge is 0.434 e. The molecule has 118 valence electrons. The maximum absolute atomic E-state index is 14.0. The van der Waals surface area contributed by atoms with Gasteiger partial charge in [-0.1, -0.05) is 5.37 Å². The Labute approximate surface area is 120 Å². The van der Waals surface area contributed by atoms with E-state index in [4.69, 9.17) is 0 Å². The molecular formula is C13H13F5O2S. The third kappa shape index (κ3) is 2.55. The lowest BCUT2D eigenvalue weighted by Gasteiger charge is -2.17. The van der Waals surface area contributed by atoms with E-state index in [9.17, 15) is 27.1 Å². The molecule has 2 rings (SSSR count). The topological polar surface area (TPSA) is 29.5 Å². The van der Waals surface area contributed by atoms with Gasteiger partial charge in [-0.15, -0.1) is 0 Å². The number of fused-ring (bicyclic) bond motifs is 1. The van der Waals surface area contributed by atoms with Crippen molar-refractivity contribution in [3.05, 3.63) is 23.3 Å². The molecule has 0 aromatic heterocycles. The zero-order valence-corrected chi connectivity index (χ0v) is 11.9. The molecule has 0 fully saturated rings. The number of alkyl halides is 5. The zero-order chi connectivity index (χ0) is 15.9. The van der Waals surface area contributed by atoms with E-state index >= 15 is 0 Å². The molecule has 3 atom stereocenters. The van der Waals surface area contributed by atoms with Crippen molar-refractivity contribution < 1.29 is 31.8 Å².